The topological polar surface area (TPSA) is 38.9 Å². The molecule has 1 aliphatic carbocycles. The van der Waals surface area contributed by atoms with Crippen LogP contribution in [-0.4, -0.2) is 4.98 Å². The highest BCUT2D eigenvalue weighted by Crippen LogP contribution is 2.38. The molecule has 2 aromatic rings. The van der Waals surface area contributed by atoms with Crippen LogP contribution < -0.4 is 5.73 Å². The molecule has 2 nitrogen and oxygen atoms in total. The summed E-state index contributed by atoms with van der Waals surface area (Å²) >= 11 is 0. The fourth-order valence-electron chi connectivity index (χ4n) is 3.13. The summed E-state index contributed by atoms with van der Waals surface area (Å²) in [6.07, 6.45) is 6.29. The Bertz CT molecular complexity index is 711. The molecule has 0 aliphatic heterocycles. The summed E-state index contributed by atoms with van der Waals surface area (Å²) < 4.78 is 0. The summed E-state index contributed by atoms with van der Waals surface area (Å²) in [6.45, 7) is 6.20. The average Bonchev–Trinajstić information content (AvgIpc) is 2.48. The van der Waals surface area contributed by atoms with E-state index in [-0.39, 0.29) is 0 Å². The van der Waals surface area contributed by atoms with Gasteiger partial charge in [0, 0.05) is 16.6 Å². The Kier molecular flexibility index (Phi) is 3.31. The smallest absolute Gasteiger partial charge is 0.0761 e. The van der Waals surface area contributed by atoms with Crippen molar-refractivity contribution in [3.05, 3.63) is 53.8 Å². The molecule has 1 aliphatic rings. The van der Waals surface area contributed by atoms with E-state index in [0.29, 0.717) is 0 Å². The highest BCUT2D eigenvalue weighted by molar-refractivity contribution is 5.96. The van der Waals surface area contributed by atoms with E-state index in [2.05, 4.69) is 19.6 Å². The van der Waals surface area contributed by atoms with E-state index in [0.717, 1.165) is 48.0 Å². The van der Waals surface area contributed by atoms with Crippen LogP contribution in [0.4, 0.5) is 5.69 Å². The molecule has 0 fully saturated rings. The third kappa shape index (κ3) is 1.92. The Balaban J connectivity index is 2.29. The van der Waals surface area contributed by atoms with E-state index in [1.807, 2.05) is 24.3 Å². The lowest BCUT2D eigenvalue weighted by molar-refractivity contribution is 0.806. The highest BCUT2D eigenvalue weighted by atomic mass is 14.7. The maximum Gasteiger partial charge on any atom is 0.0761 e. The van der Waals surface area contributed by atoms with Gasteiger partial charge < -0.3 is 5.73 Å². The molecule has 0 bridgehead atoms. The maximum absolute atomic E-state index is 6.38. The summed E-state index contributed by atoms with van der Waals surface area (Å²) in [7, 11) is 0. The van der Waals surface area contributed by atoms with Crippen molar-refractivity contribution in [1.29, 1.82) is 0 Å². The van der Waals surface area contributed by atoms with Gasteiger partial charge in [0.25, 0.3) is 0 Å². The van der Waals surface area contributed by atoms with Gasteiger partial charge in [-0.15, -0.1) is 0 Å². The zero-order valence-corrected chi connectivity index (χ0v) is 11.9. The van der Waals surface area contributed by atoms with Crippen molar-refractivity contribution in [2.24, 2.45) is 0 Å². The molecule has 2 N–H and O–H groups in total. The van der Waals surface area contributed by atoms with Gasteiger partial charge in [-0.3, -0.25) is 0 Å². The number of nitrogen functional groups attached to an aromatic ring is 1. The van der Waals surface area contributed by atoms with Crippen LogP contribution in [-0.2, 0) is 6.42 Å². The van der Waals surface area contributed by atoms with E-state index >= 15 is 0 Å². The normalized spacial score (nSPS) is 14.4. The molecule has 0 atom stereocenters. The first-order valence-electron chi connectivity index (χ1n) is 7.28. The second-order valence-corrected chi connectivity index (χ2v) is 5.34. The zero-order chi connectivity index (χ0) is 14.1. The monoisotopic (exact) mass is 264 g/mol. The Morgan fingerprint density at radius 1 is 1.30 bits per heavy atom. The molecule has 0 radical (unpaired) electrons. The fraction of sp³-hybridized carbons (Fsp3) is 0.278. The van der Waals surface area contributed by atoms with Gasteiger partial charge in [0.15, 0.2) is 0 Å². The molecular formula is C18H20N2. The number of hydrogen-bond acceptors (Lipinski definition) is 2. The van der Waals surface area contributed by atoms with Crippen LogP contribution in [0.5, 0.6) is 0 Å². The van der Waals surface area contributed by atoms with E-state index in [1.165, 1.54) is 16.7 Å². The van der Waals surface area contributed by atoms with Crippen LogP contribution in [0, 0.1) is 0 Å². The lowest BCUT2D eigenvalue weighted by atomic mass is 9.85. The van der Waals surface area contributed by atoms with Gasteiger partial charge in [-0.1, -0.05) is 49.8 Å². The summed E-state index contributed by atoms with van der Waals surface area (Å²) in [5.74, 6) is 0. The number of pyridine rings is 1. The summed E-state index contributed by atoms with van der Waals surface area (Å²) in [5, 5.41) is 1.06. The van der Waals surface area contributed by atoms with Crippen LogP contribution in [0.2, 0.25) is 0 Å². The predicted octanol–water partition coefficient (Wildman–Crippen LogP) is 4.50. The second-order valence-electron chi connectivity index (χ2n) is 5.34. The molecule has 20 heavy (non-hydrogen) atoms. The number of para-hydroxylation sites is 1. The quantitative estimate of drug-likeness (QED) is 0.886. The second kappa shape index (κ2) is 5.12. The molecule has 1 heterocycles. The summed E-state index contributed by atoms with van der Waals surface area (Å²) in [5.41, 5.74) is 13.2. The molecule has 0 unspecified atom stereocenters. The van der Waals surface area contributed by atoms with Crippen molar-refractivity contribution in [3.63, 3.8) is 0 Å². The van der Waals surface area contributed by atoms with E-state index in [4.69, 9.17) is 10.7 Å². The number of nitrogens with zero attached hydrogens (tertiary/aromatic N) is 1. The Labute approximate surface area is 120 Å². The molecule has 0 saturated carbocycles. The van der Waals surface area contributed by atoms with E-state index in [9.17, 15) is 0 Å². The third-order valence-electron chi connectivity index (χ3n) is 4.11. The van der Waals surface area contributed by atoms with Crippen molar-refractivity contribution in [1.82, 2.24) is 4.98 Å². The first kappa shape index (κ1) is 12.9. The standard InChI is InChI=1S/C18H20N2/c1-3-7-12-10-11-15-17(19)14-8-5-6-9-16(14)20-18(15)13(12)4-2/h4-6,8-9H,2-3,7,10-11H2,1H3,(H2,19,20). The lowest BCUT2D eigenvalue weighted by Crippen LogP contribution is -2.10. The SMILES string of the molecule is C=CC1=C(CCC)CCc2c1nc1ccccc1c2N. The minimum absolute atomic E-state index is 0.889. The minimum Gasteiger partial charge on any atom is -0.398 e. The largest absolute Gasteiger partial charge is 0.398 e. The first-order chi connectivity index (χ1) is 9.76. The molecular weight excluding hydrogens is 244 g/mol. The number of rotatable bonds is 3. The van der Waals surface area contributed by atoms with Gasteiger partial charge in [0.05, 0.1) is 11.2 Å². The minimum atomic E-state index is 0.889. The van der Waals surface area contributed by atoms with Crippen molar-refractivity contribution in [2.45, 2.75) is 32.6 Å². The van der Waals surface area contributed by atoms with Crippen LogP contribution in [0.15, 0.2) is 42.5 Å². The van der Waals surface area contributed by atoms with Crippen LogP contribution in [0.3, 0.4) is 0 Å². The maximum atomic E-state index is 6.38. The number of benzene rings is 1. The Morgan fingerprint density at radius 2 is 2.10 bits per heavy atom. The van der Waals surface area contributed by atoms with Crippen LogP contribution in [0.25, 0.3) is 16.5 Å². The Morgan fingerprint density at radius 3 is 2.85 bits per heavy atom. The fourth-order valence-corrected chi connectivity index (χ4v) is 3.13. The van der Waals surface area contributed by atoms with Crippen molar-refractivity contribution in [2.75, 3.05) is 5.73 Å². The number of allylic oxidation sites excluding steroid dienone is 3. The molecule has 0 spiro atoms. The molecule has 1 aromatic heterocycles. The molecule has 0 saturated heterocycles. The van der Waals surface area contributed by atoms with Crippen molar-refractivity contribution < 1.29 is 0 Å². The first-order valence-corrected chi connectivity index (χ1v) is 7.28. The van der Waals surface area contributed by atoms with Gasteiger partial charge >= 0.3 is 0 Å². The summed E-state index contributed by atoms with van der Waals surface area (Å²) in [6, 6.07) is 8.11. The molecule has 102 valence electrons. The predicted molar refractivity (Wildman–Crippen MR) is 86.5 cm³/mol. The number of fused-ring (bicyclic) bond motifs is 2. The average molecular weight is 264 g/mol. The number of nitrogens with two attached hydrogens (primary N) is 1. The van der Waals surface area contributed by atoms with Crippen molar-refractivity contribution >= 4 is 22.2 Å². The van der Waals surface area contributed by atoms with Crippen LogP contribution in [0.1, 0.15) is 37.4 Å². The molecule has 3 rings (SSSR count). The number of aromatic nitrogens is 1. The Hall–Kier alpha value is -2.09. The van der Waals surface area contributed by atoms with E-state index in [1.54, 1.807) is 0 Å². The van der Waals surface area contributed by atoms with Gasteiger partial charge in [-0.05, 0) is 30.9 Å². The number of anilines is 1. The molecule has 2 heteroatoms. The number of hydrogen-bond donors (Lipinski definition) is 1. The van der Waals surface area contributed by atoms with Gasteiger partial charge in [-0.25, -0.2) is 4.98 Å². The van der Waals surface area contributed by atoms with Gasteiger partial charge in [0.2, 0.25) is 0 Å². The van der Waals surface area contributed by atoms with Gasteiger partial charge in [0.1, 0.15) is 0 Å². The van der Waals surface area contributed by atoms with Crippen molar-refractivity contribution in [3.8, 4) is 0 Å². The lowest BCUT2D eigenvalue weighted by Gasteiger charge is -2.23. The van der Waals surface area contributed by atoms with Gasteiger partial charge in [-0.2, -0.15) is 0 Å². The zero-order valence-electron chi connectivity index (χ0n) is 11.9. The molecule has 0 amide bonds. The third-order valence-corrected chi connectivity index (χ3v) is 4.11. The highest BCUT2D eigenvalue weighted by Gasteiger charge is 2.21. The van der Waals surface area contributed by atoms with Crippen LogP contribution >= 0.6 is 0 Å². The summed E-state index contributed by atoms with van der Waals surface area (Å²) in [4.78, 5) is 4.85. The van der Waals surface area contributed by atoms with E-state index < -0.39 is 0 Å². The molecule has 1 aromatic carbocycles.